The lowest BCUT2D eigenvalue weighted by molar-refractivity contribution is 0.307. The standard InChI is InChI=1S/C14H23N3/c1-2-11-4-3-5-12(10-11)14-16-9-7-13(17-14)6-8-15/h7,9,11-12H,2-6,8,10,15H2,1H3. The molecule has 0 radical (unpaired) electrons. The molecular formula is C14H23N3. The second-order valence-electron chi connectivity index (χ2n) is 5.08. The van der Waals surface area contributed by atoms with Gasteiger partial charge in [0.15, 0.2) is 0 Å². The molecular weight excluding hydrogens is 210 g/mol. The van der Waals surface area contributed by atoms with Crippen molar-refractivity contribution < 1.29 is 0 Å². The van der Waals surface area contributed by atoms with E-state index in [1.54, 1.807) is 0 Å². The molecule has 1 heterocycles. The maximum absolute atomic E-state index is 5.57. The average molecular weight is 233 g/mol. The van der Waals surface area contributed by atoms with Gasteiger partial charge in [-0.15, -0.1) is 0 Å². The van der Waals surface area contributed by atoms with Crippen LogP contribution in [0, 0.1) is 5.92 Å². The highest BCUT2D eigenvalue weighted by atomic mass is 14.9. The number of hydrogen-bond acceptors (Lipinski definition) is 3. The molecule has 0 aromatic carbocycles. The zero-order chi connectivity index (χ0) is 12.1. The van der Waals surface area contributed by atoms with E-state index in [9.17, 15) is 0 Å². The fraction of sp³-hybridized carbons (Fsp3) is 0.714. The molecule has 17 heavy (non-hydrogen) atoms. The van der Waals surface area contributed by atoms with E-state index in [2.05, 4.69) is 16.9 Å². The molecule has 1 aromatic rings. The summed E-state index contributed by atoms with van der Waals surface area (Å²) in [4.78, 5) is 9.13. The van der Waals surface area contributed by atoms with Crippen LogP contribution in [-0.2, 0) is 6.42 Å². The summed E-state index contributed by atoms with van der Waals surface area (Å²) in [5.74, 6) is 2.50. The van der Waals surface area contributed by atoms with E-state index in [0.717, 1.165) is 23.9 Å². The Morgan fingerprint density at radius 3 is 3.06 bits per heavy atom. The van der Waals surface area contributed by atoms with Crippen LogP contribution in [0.25, 0.3) is 0 Å². The van der Waals surface area contributed by atoms with Gasteiger partial charge < -0.3 is 5.73 Å². The topological polar surface area (TPSA) is 51.8 Å². The Morgan fingerprint density at radius 1 is 1.41 bits per heavy atom. The summed E-state index contributed by atoms with van der Waals surface area (Å²) in [7, 11) is 0. The Hall–Kier alpha value is -0.960. The molecule has 2 rings (SSSR count). The second-order valence-corrected chi connectivity index (χ2v) is 5.08. The second kappa shape index (κ2) is 6.10. The van der Waals surface area contributed by atoms with Crippen LogP contribution in [0.4, 0.5) is 0 Å². The van der Waals surface area contributed by atoms with Crippen LogP contribution in [0.2, 0.25) is 0 Å². The first-order valence-electron chi connectivity index (χ1n) is 6.85. The first-order chi connectivity index (χ1) is 8.33. The molecule has 0 aliphatic heterocycles. The Balaban J connectivity index is 2.07. The number of nitrogens with two attached hydrogens (primary N) is 1. The molecule has 0 bridgehead atoms. The van der Waals surface area contributed by atoms with E-state index in [4.69, 9.17) is 5.73 Å². The van der Waals surface area contributed by atoms with Gasteiger partial charge in [0.2, 0.25) is 0 Å². The quantitative estimate of drug-likeness (QED) is 0.870. The van der Waals surface area contributed by atoms with Crippen molar-refractivity contribution in [3.63, 3.8) is 0 Å². The smallest absolute Gasteiger partial charge is 0.131 e. The number of nitrogens with zero attached hydrogens (tertiary/aromatic N) is 2. The molecule has 2 atom stereocenters. The van der Waals surface area contributed by atoms with E-state index in [1.807, 2.05) is 12.3 Å². The lowest BCUT2D eigenvalue weighted by Gasteiger charge is -2.27. The van der Waals surface area contributed by atoms with Crippen LogP contribution < -0.4 is 5.73 Å². The average Bonchev–Trinajstić information content (AvgIpc) is 2.40. The fourth-order valence-corrected chi connectivity index (χ4v) is 2.79. The van der Waals surface area contributed by atoms with Gasteiger partial charge in [0.25, 0.3) is 0 Å². The molecule has 3 heteroatoms. The maximum Gasteiger partial charge on any atom is 0.131 e. The molecule has 0 spiro atoms. The third-order valence-corrected chi connectivity index (χ3v) is 3.86. The summed E-state index contributed by atoms with van der Waals surface area (Å²) >= 11 is 0. The van der Waals surface area contributed by atoms with Crippen molar-refractivity contribution in [1.82, 2.24) is 9.97 Å². The van der Waals surface area contributed by atoms with Crippen molar-refractivity contribution in [3.05, 3.63) is 23.8 Å². The normalized spacial score (nSPS) is 24.8. The monoisotopic (exact) mass is 233 g/mol. The van der Waals surface area contributed by atoms with Crippen LogP contribution >= 0.6 is 0 Å². The number of hydrogen-bond donors (Lipinski definition) is 1. The van der Waals surface area contributed by atoms with E-state index < -0.39 is 0 Å². The maximum atomic E-state index is 5.57. The summed E-state index contributed by atoms with van der Waals surface area (Å²) in [5, 5.41) is 0. The molecule has 0 amide bonds. The zero-order valence-corrected chi connectivity index (χ0v) is 10.7. The fourth-order valence-electron chi connectivity index (χ4n) is 2.79. The Bertz CT molecular complexity index is 351. The first kappa shape index (κ1) is 12.5. The highest BCUT2D eigenvalue weighted by Gasteiger charge is 2.23. The highest BCUT2D eigenvalue weighted by molar-refractivity contribution is 5.07. The Morgan fingerprint density at radius 2 is 2.29 bits per heavy atom. The van der Waals surface area contributed by atoms with Crippen molar-refractivity contribution in [1.29, 1.82) is 0 Å². The van der Waals surface area contributed by atoms with E-state index in [1.165, 1.54) is 32.1 Å². The van der Waals surface area contributed by atoms with Gasteiger partial charge >= 0.3 is 0 Å². The molecule has 2 unspecified atom stereocenters. The summed E-state index contributed by atoms with van der Waals surface area (Å²) in [5.41, 5.74) is 6.67. The van der Waals surface area contributed by atoms with Gasteiger partial charge in [-0.05, 0) is 31.4 Å². The van der Waals surface area contributed by atoms with E-state index >= 15 is 0 Å². The van der Waals surface area contributed by atoms with Crippen LogP contribution in [0.15, 0.2) is 12.3 Å². The minimum atomic E-state index is 0.575. The highest BCUT2D eigenvalue weighted by Crippen LogP contribution is 2.35. The molecule has 0 saturated heterocycles. The molecule has 2 N–H and O–H groups in total. The van der Waals surface area contributed by atoms with Gasteiger partial charge in [0, 0.05) is 24.2 Å². The predicted octanol–water partition coefficient (Wildman–Crippen LogP) is 2.66. The van der Waals surface area contributed by atoms with E-state index in [0.29, 0.717) is 12.5 Å². The first-order valence-corrected chi connectivity index (χ1v) is 6.85. The van der Waals surface area contributed by atoms with Crippen LogP contribution in [-0.4, -0.2) is 16.5 Å². The Labute approximate surface area is 104 Å². The van der Waals surface area contributed by atoms with Gasteiger partial charge in [0.1, 0.15) is 5.82 Å². The summed E-state index contributed by atoms with van der Waals surface area (Å²) < 4.78 is 0. The van der Waals surface area contributed by atoms with Crippen molar-refractivity contribution in [3.8, 4) is 0 Å². The molecule has 1 aromatic heterocycles. The van der Waals surface area contributed by atoms with Gasteiger partial charge in [-0.2, -0.15) is 0 Å². The van der Waals surface area contributed by atoms with Gasteiger partial charge in [-0.25, -0.2) is 9.97 Å². The summed E-state index contributed by atoms with van der Waals surface area (Å²) in [6.07, 6.45) is 9.27. The minimum absolute atomic E-state index is 0.575. The van der Waals surface area contributed by atoms with Gasteiger partial charge in [-0.3, -0.25) is 0 Å². The van der Waals surface area contributed by atoms with Gasteiger partial charge in [-0.1, -0.05) is 26.2 Å². The summed E-state index contributed by atoms with van der Waals surface area (Å²) in [6.45, 7) is 2.96. The molecule has 1 fully saturated rings. The minimum Gasteiger partial charge on any atom is -0.330 e. The van der Waals surface area contributed by atoms with Crippen molar-refractivity contribution in [2.24, 2.45) is 11.7 Å². The zero-order valence-electron chi connectivity index (χ0n) is 10.7. The summed E-state index contributed by atoms with van der Waals surface area (Å²) in [6, 6.07) is 1.98. The molecule has 94 valence electrons. The molecule has 1 saturated carbocycles. The SMILES string of the molecule is CCC1CCCC(c2nccc(CCN)n2)C1. The van der Waals surface area contributed by atoms with Crippen molar-refractivity contribution in [2.45, 2.75) is 51.4 Å². The van der Waals surface area contributed by atoms with E-state index in [-0.39, 0.29) is 0 Å². The van der Waals surface area contributed by atoms with Crippen molar-refractivity contribution >= 4 is 0 Å². The lowest BCUT2D eigenvalue weighted by Crippen LogP contribution is -2.16. The van der Waals surface area contributed by atoms with Crippen molar-refractivity contribution in [2.75, 3.05) is 6.54 Å². The third-order valence-electron chi connectivity index (χ3n) is 3.86. The van der Waals surface area contributed by atoms with Gasteiger partial charge in [0.05, 0.1) is 0 Å². The van der Waals surface area contributed by atoms with Crippen LogP contribution in [0.5, 0.6) is 0 Å². The lowest BCUT2D eigenvalue weighted by atomic mass is 9.80. The van der Waals surface area contributed by atoms with Crippen LogP contribution in [0.1, 0.15) is 56.5 Å². The molecule has 1 aliphatic rings. The largest absolute Gasteiger partial charge is 0.330 e. The number of rotatable bonds is 4. The molecule has 1 aliphatic carbocycles. The predicted molar refractivity (Wildman–Crippen MR) is 69.8 cm³/mol. The van der Waals surface area contributed by atoms with Crippen LogP contribution in [0.3, 0.4) is 0 Å². The Kier molecular flexibility index (Phi) is 4.49. The third kappa shape index (κ3) is 3.25. The number of aromatic nitrogens is 2. The molecule has 3 nitrogen and oxygen atoms in total.